The summed E-state index contributed by atoms with van der Waals surface area (Å²) in [5, 5.41) is 0. The zero-order valence-electron chi connectivity index (χ0n) is 4.62. The second-order valence-electron chi connectivity index (χ2n) is 1.61. The number of hydrogen-bond donors (Lipinski definition) is 1. The molecule has 0 saturated carbocycles. The van der Waals surface area contributed by atoms with Gasteiger partial charge in [0.15, 0.2) is 5.82 Å². The molecule has 0 aliphatic rings. The van der Waals surface area contributed by atoms with Gasteiger partial charge in [0.1, 0.15) is 0 Å². The summed E-state index contributed by atoms with van der Waals surface area (Å²) in [7, 11) is 0. The van der Waals surface area contributed by atoms with Crippen LogP contribution in [0.25, 0.3) is 0 Å². The van der Waals surface area contributed by atoms with Gasteiger partial charge in [0.2, 0.25) is 11.8 Å². The molecule has 0 aromatic carbocycles. The topological polar surface area (TPSA) is 32.9 Å². The monoisotopic (exact) mass is 149 g/mol. The van der Waals surface area contributed by atoms with E-state index in [1.54, 1.807) is 0 Å². The van der Waals surface area contributed by atoms with Crippen molar-refractivity contribution in [2.24, 2.45) is 0 Å². The fourth-order valence-corrected chi connectivity index (χ4v) is 0.482. The lowest BCUT2D eigenvalue weighted by atomic mass is 10.4. The Morgan fingerprint density at radius 3 is 2.40 bits per heavy atom. The number of rotatable bonds is 0. The summed E-state index contributed by atoms with van der Waals surface area (Å²) < 4.78 is 36.0. The number of nitrogens with one attached hydrogen (secondary N) is 1. The van der Waals surface area contributed by atoms with Gasteiger partial charge < -0.3 is 0 Å². The summed E-state index contributed by atoms with van der Waals surface area (Å²) in [4.78, 5) is 11.6. The molecule has 1 heterocycles. The van der Waals surface area contributed by atoms with Gasteiger partial charge in [-0.1, -0.05) is 0 Å². The Morgan fingerprint density at radius 2 is 1.90 bits per heavy atom. The van der Waals surface area contributed by atoms with E-state index in [4.69, 9.17) is 0 Å². The first kappa shape index (κ1) is 6.85. The molecule has 5 heteroatoms. The van der Waals surface area contributed by atoms with E-state index >= 15 is 0 Å². The smallest absolute Gasteiger partial charge is 0.253 e. The van der Waals surface area contributed by atoms with Crippen molar-refractivity contribution >= 4 is 0 Å². The number of H-pyrrole nitrogens is 1. The molecule has 0 atom stereocenters. The van der Waals surface area contributed by atoms with Crippen molar-refractivity contribution in [2.45, 2.75) is 0 Å². The van der Waals surface area contributed by atoms with E-state index in [1.165, 1.54) is 4.98 Å². The molecule has 0 saturated heterocycles. The SMILES string of the molecule is O=c1cc(F)c(F)c(F)[nH]1. The van der Waals surface area contributed by atoms with Crippen LogP contribution in [0.2, 0.25) is 0 Å². The second-order valence-corrected chi connectivity index (χ2v) is 1.61. The average molecular weight is 149 g/mol. The van der Waals surface area contributed by atoms with Gasteiger partial charge >= 0.3 is 0 Å². The summed E-state index contributed by atoms with van der Waals surface area (Å²) >= 11 is 0. The Balaban J connectivity index is 3.46. The van der Waals surface area contributed by atoms with Crippen LogP contribution >= 0.6 is 0 Å². The summed E-state index contributed by atoms with van der Waals surface area (Å²) in [6.45, 7) is 0. The Hall–Kier alpha value is -1.26. The van der Waals surface area contributed by atoms with Gasteiger partial charge in [-0.25, -0.2) is 4.39 Å². The molecule has 2 nitrogen and oxygen atoms in total. The molecule has 0 fully saturated rings. The van der Waals surface area contributed by atoms with Crippen LogP contribution in [-0.2, 0) is 0 Å². The fraction of sp³-hybridized carbons (Fsp3) is 0. The molecule has 0 spiro atoms. The van der Waals surface area contributed by atoms with E-state index in [9.17, 15) is 18.0 Å². The number of halogens is 3. The summed E-state index contributed by atoms with van der Waals surface area (Å²) in [6, 6.07) is 0.332. The van der Waals surface area contributed by atoms with Gasteiger partial charge in [-0.15, -0.1) is 0 Å². The number of aromatic nitrogens is 1. The van der Waals surface area contributed by atoms with Crippen LogP contribution in [0.5, 0.6) is 0 Å². The molecule has 1 rings (SSSR count). The molecule has 1 aromatic heterocycles. The van der Waals surface area contributed by atoms with E-state index < -0.39 is 23.1 Å². The predicted octanol–water partition coefficient (Wildman–Crippen LogP) is 0.792. The quantitative estimate of drug-likeness (QED) is 0.543. The van der Waals surface area contributed by atoms with Crippen LogP contribution in [0.3, 0.4) is 0 Å². The molecule has 1 aromatic rings. The van der Waals surface area contributed by atoms with E-state index in [0.717, 1.165) is 0 Å². The highest BCUT2D eigenvalue weighted by atomic mass is 19.2. The molecule has 0 radical (unpaired) electrons. The minimum absolute atomic E-state index is 0.332. The highest BCUT2D eigenvalue weighted by Crippen LogP contribution is 2.02. The van der Waals surface area contributed by atoms with Gasteiger partial charge in [-0.05, 0) is 0 Å². The van der Waals surface area contributed by atoms with Crippen molar-refractivity contribution in [3.8, 4) is 0 Å². The van der Waals surface area contributed by atoms with Crippen LogP contribution < -0.4 is 5.56 Å². The molecule has 0 aliphatic heterocycles. The third-order valence-electron chi connectivity index (χ3n) is 0.893. The van der Waals surface area contributed by atoms with E-state index in [2.05, 4.69) is 0 Å². The molecule has 54 valence electrons. The lowest BCUT2D eigenvalue weighted by Gasteiger charge is -1.90. The summed E-state index contributed by atoms with van der Waals surface area (Å²) in [5.41, 5.74) is -1.00. The first-order valence-corrected chi connectivity index (χ1v) is 2.35. The lowest BCUT2D eigenvalue weighted by Crippen LogP contribution is -2.10. The van der Waals surface area contributed by atoms with Crippen molar-refractivity contribution in [3.05, 3.63) is 34.0 Å². The summed E-state index contributed by atoms with van der Waals surface area (Å²) in [5.74, 6) is -4.73. The van der Waals surface area contributed by atoms with E-state index in [1.807, 2.05) is 0 Å². The van der Waals surface area contributed by atoms with Crippen LogP contribution in [0.15, 0.2) is 10.9 Å². The first-order valence-electron chi connectivity index (χ1n) is 2.35. The zero-order valence-corrected chi connectivity index (χ0v) is 4.62. The van der Waals surface area contributed by atoms with Crippen LogP contribution in [-0.4, -0.2) is 4.98 Å². The Kier molecular flexibility index (Phi) is 1.48. The Morgan fingerprint density at radius 1 is 1.30 bits per heavy atom. The molecule has 10 heavy (non-hydrogen) atoms. The van der Waals surface area contributed by atoms with Crippen molar-refractivity contribution < 1.29 is 13.2 Å². The average Bonchev–Trinajstić information content (AvgIpc) is 1.82. The van der Waals surface area contributed by atoms with E-state index in [0.29, 0.717) is 6.07 Å². The molecule has 0 aliphatic carbocycles. The first-order chi connectivity index (χ1) is 4.61. The summed E-state index contributed by atoms with van der Waals surface area (Å²) in [6.07, 6.45) is 0. The lowest BCUT2D eigenvalue weighted by molar-refractivity contribution is 0.424. The number of pyridine rings is 1. The number of hydrogen-bond acceptors (Lipinski definition) is 1. The standard InChI is InChI=1S/C5H2F3NO/c6-2-1-3(10)9-5(8)4(2)7/h1H,(H,9,10). The van der Waals surface area contributed by atoms with Gasteiger partial charge in [0, 0.05) is 6.07 Å². The van der Waals surface area contributed by atoms with E-state index in [-0.39, 0.29) is 0 Å². The van der Waals surface area contributed by atoms with Crippen LogP contribution in [0.1, 0.15) is 0 Å². The predicted molar refractivity (Wildman–Crippen MR) is 26.9 cm³/mol. The molecular formula is C5H2F3NO. The van der Waals surface area contributed by atoms with Crippen LogP contribution in [0, 0.1) is 17.6 Å². The van der Waals surface area contributed by atoms with Crippen molar-refractivity contribution in [1.82, 2.24) is 4.98 Å². The fourth-order valence-electron chi connectivity index (χ4n) is 0.482. The highest BCUT2D eigenvalue weighted by molar-refractivity contribution is 4.99. The maximum Gasteiger partial charge on any atom is 0.253 e. The van der Waals surface area contributed by atoms with Gasteiger partial charge in [0.25, 0.3) is 5.56 Å². The minimum atomic E-state index is -1.67. The molecule has 1 N–H and O–H groups in total. The largest absolute Gasteiger partial charge is 0.296 e. The third kappa shape index (κ3) is 1.02. The molecule has 0 unspecified atom stereocenters. The maximum atomic E-state index is 12.0. The zero-order chi connectivity index (χ0) is 7.72. The Bertz CT molecular complexity index is 280. The molecule has 0 amide bonds. The van der Waals surface area contributed by atoms with Gasteiger partial charge in [-0.2, -0.15) is 8.78 Å². The van der Waals surface area contributed by atoms with Gasteiger partial charge in [0.05, 0.1) is 0 Å². The van der Waals surface area contributed by atoms with Crippen molar-refractivity contribution in [2.75, 3.05) is 0 Å². The van der Waals surface area contributed by atoms with Gasteiger partial charge in [-0.3, -0.25) is 9.78 Å². The molecule has 0 bridgehead atoms. The van der Waals surface area contributed by atoms with Crippen molar-refractivity contribution in [1.29, 1.82) is 0 Å². The normalized spacial score (nSPS) is 9.90. The Labute approximate surface area is 53.3 Å². The number of aromatic amines is 1. The minimum Gasteiger partial charge on any atom is -0.296 e. The molecular weight excluding hydrogens is 147 g/mol. The van der Waals surface area contributed by atoms with Crippen molar-refractivity contribution in [3.63, 3.8) is 0 Å². The highest BCUT2D eigenvalue weighted by Gasteiger charge is 2.08. The maximum absolute atomic E-state index is 12.0. The third-order valence-corrected chi connectivity index (χ3v) is 0.893. The second kappa shape index (κ2) is 2.17. The van der Waals surface area contributed by atoms with Crippen LogP contribution in [0.4, 0.5) is 13.2 Å².